The van der Waals surface area contributed by atoms with Crippen molar-refractivity contribution in [3.8, 4) is 17.2 Å². The summed E-state index contributed by atoms with van der Waals surface area (Å²) in [6, 6.07) is 3.04. The van der Waals surface area contributed by atoms with Gasteiger partial charge in [0.05, 0.1) is 33.5 Å². The molecule has 0 unspecified atom stereocenters. The second-order valence-electron chi connectivity index (χ2n) is 4.31. The molecule has 116 valence electrons. The van der Waals surface area contributed by atoms with Crippen LogP contribution in [0.5, 0.6) is 17.2 Å². The molecule has 0 aliphatic carbocycles. The average Bonchev–Trinajstić information content (AvgIpc) is 2.44. The fourth-order valence-corrected chi connectivity index (χ4v) is 2.07. The van der Waals surface area contributed by atoms with Gasteiger partial charge in [0, 0.05) is 5.56 Å². The van der Waals surface area contributed by atoms with E-state index in [1.165, 1.54) is 7.11 Å². The molecule has 0 aromatic heterocycles. The summed E-state index contributed by atoms with van der Waals surface area (Å²) in [4.78, 5) is 0. The number of benzene rings is 1. The first kappa shape index (κ1) is 18.8. The largest absolute Gasteiger partial charge is 0.493 e. The van der Waals surface area contributed by atoms with Gasteiger partial charge in [0.2, 0.25) is 5.75 Å². The first-order chi connectivity index (χ1) is 9.10. The van der Waals surface area contributed by atoms with E-state index in [0.717, 1.165) is 6.42 Å². The molecular weight excluding hydrogens is 282 g/mol. The van der Waals surface area contributed by atoms with Gasteiger partial charge in [-0.1, -0.05) is 13.3 Å². The molecular formula is C14H24ClNO4. The fraction of sp³-hybridized carbons (Fsp3) is 0.571. The van der Waals surface area contributed by atoms with Gasteiger partial charge in [-0.05, 0) is 18.6 Å². The number of nitrogens with two attached hydrogens (primary N) is 1. The summed E-state index contributed by atoms with van der Waals surface area (Å²) in [6.45, 7) is 2.00. The van der Waals surface area contributed by atoms with E-state index in [1.54, 1.807) is 26.4 Å². The van der Waals surface area contributed by atoms with Gasteiger partial charge >= 0.3 is 0 Å². The lowest BCUT2D eigenvalue weighted by Crippen LogP contribution is -2.26. The third kappa shape index (κ3) is 3.91. The number of hydrogen-bond donors (Lipinski definition) is 2. The van der Waals surface area contributed by atoms with Gasteiger partial charge in [-0.25, -0.2) is 0 Å². The van der Waals surface area contributed by atoms with Crippen molar-refractivity contribution >= 4 is 12.4 Å². The molecule has 3 N–H and O–H groups in total. The minimum Gasteiger partial charge on any atom is -0.493 e. The summed E-state index contributed by atoms with van der Waals surface area (Å²) in [5, 5.41) is 10.0. The molecule has 0 saturated carbocycles. The number of hydrogen-bond acceptors (Lipinski definition) is 5. The highest BCUT2D eigenvalue weighted by atomic mass is 35.5. The Hall–Kier alpha value is -1.17. The Morgan fingerprint density at radius 2 is 1.70 bits per heavy atom. The Kier molecular flexibility index (Phi) is 8.37. The van der Waals surface area contributed by atoms with Gasteiger partial charge in [0.25, 0.3) is 0 Å². The zero-order valence-electron chi connectivity index (χ0n) is 12.4. The highest BCUT2D eigenvalue weighted by Gasteiger charge is 2.24. The molecule has 0 heterocycles. The van der Waals surface area contributed by atoms with Crippen LogP contribution in [0.25, 0.3) is 0 Å². The van der Waals surface area contributed by atoms with Crippen LogP contribution in [0.3, 0.4) is 0 Å². The molecule has 1 aromatic carbocycles. The number of ether oxygens (including phenoxy) is 3. The van der Waals surface area contributed by atoms with Gasteiger partial charge in [-0.15, -0.1) is 12.4 Å². The van der Waals surface area contributed by atoms with E-state index in [9.17, 15) is 5.11 Å². The maximum atomic E-state index is 10.0. The van der Waals surface area contributed by atoms with E-state index < -0.39 is 12.1 Å². The van der Waals surface area contributed by atoms with E-state index in [2.05, 4.69) is 0 Å². The minimum atomic E-state index is -0.614. The number of aliphatic hydroxyl groups is 1. The number of rotatable bonds is 7. The lowest BCUT2D eigenvalue weighted by Gasteiger charge is -2.23. The maximum absolute atomic E-state index is 10.0. The van der Waals surface area contributed by atoms with E-state index in [0.29, 0.717) is 29.2 Å². The van der Waals surface area contributed by atoms with Crippen LogP contribution >= 0.6 is 12.4 Å². The molecule has 20 heavy (non-hydrogen) atoms. The van der Waals surface area contributed by atoms with Crippen LogP contribution in [-0.4, -0.2) is 32.5 Å². The van der Waals surface area contributed by atoms with Gasteiger partial charge in [0.1, 0.15) is 0 Å². The van der Waals surface area contributed by atoms with Gasteiger partial charge in [0.15, 0.2) is 11.5 Å². The Morgan fingerprint density at radius 1 is 1.10 bits per heavy atom. The van der Waals surface area contributed by atoms with Crippen molar-refractivity contribution < 1.29 is 19.3 Å². The topological polar surface area (TPSA) is 73.9 Å². The third-order valence-electron chi connectivity index (χ3n) is 3.09. The Labute approximate surface area is 126 Å². The number of aliphatic hydroxyl groups excluding tert-OH is 1. The Balaban J connectivity index is 0.00000361. The van der Waals surface area contributed by atoms with Crippen molar-refractivity contribution in [1.82, 2.24) is 0 Å². The van der Waals surface area contributed by atoms with Gasteiger partial charge in [-0.2, -0.15) is 0 Å². The summed E-state index contributed by atoms with van der Waals surface area (Å²) in [6.07, 6.45) is 0.889. The van der Waals surface area contributed by atoms with Crippen molar-refractivity contribution in [3.05, 3.63) is 17.7 Å². The molecule has 0 fully saturated rings. The normalized spacial score (nSPS) is 13.1. The van der Waals surface area contributed by atoms with Crippen molar-refractivity contribution in [2.75, 3.05) is 21.3 Å². The van der Waals surface area contributed by atoms with Gasteiger partial charge in [-0.3, -0.25) is 0 Å². The van der Waals surface area contributed by atoms with E-state index in [1.807, 2.05) is 6.92 Å². The lowest BCUT2D eigenvalue weighted by molar-refractivity contribution is 0.132. The summed E-state index contributed by atoms with van der Waals surface area (Å²) in [5.41, 5.74) is 6.80. The lowest BCUT2D eigenvalue weighted by atomic mass is 9.97. The van der Waals surface area contributed by atoms with Crippen LogP contribution in [0, 0.1) is 0 Å². The number of methoxy groups -OCH3 is 3. The Morgan fingerprint density at radius 3 is 2.15 bits per heavy atom. The summed E-state index contributed by atoms with van der Waals surface area (Å²) in [7, 11) is 4.64. The minimum absolute atomic E-state index is 0. The smallest absolute Gasteiger partial charge is 0.203 e. The highest BCUT2D eigenvalue weighted by Crippen LogP contribution is 2.42. The molecule has 0 radical (unpaired) electrons. The number of halogens is 1. The van der Waals surface area contributed by atoms with Crippen LogP contribution in [0.2, 0.25) is 0 Å². The average molecular weight is 306 g/mol. The molecule has 6 heteroatoms. The molecule has 0 saturated heterocycles. The first-order valence-corrected chi connectivity index (χ1v) is 6.33. The van der Waals surface area contributed by atoms with Crippen LogP contribution in [0.1, 0.15) is 31.4 Å². The first-order valence-electron chi connectivity index (χ1n) is 6.33. The predicted octanol–water partition coefficient (Wildman–Crippen LogP) is 2.30. The second kappa shape index (κ2) is 8.89. The van der Waals surface area contributed by atoms with Crippen LogP contribution in [0.15, 0.2) is 12.1 Å². The van der Waals surface area contributed by atoms with Crippen molar-refractivity contribution in [1.29, 1.82) is 0 Å². The molecule has 2 atom stereocenters. The standard InChI is InChI=1S/C14H23NO4.ClH/c1-5-6-10(16)12(15)9-7-8-11(17-2)14(19-4)13(9)18-3;/h7-8,10,12,16H,5-6,15H2,1-4H3;1H/t10-,12+;/m1./s1. The third-order valence-corrected chi connectivity index (χ3v) is 3.09. The second-order valence-corrected chi connectivity index (χ2v) is 4.31. The monoisotopic (exact) mass is 305 g/mol. The van der Waals surface area contributed by atoms with E-state index >= 15 is 0 Å². The SMILES string of the molecule is CCC[C@@H](O)[C@@H](N)c1ccc(OC)c(OC)c1OC.Cl. The fourth-order valence-electron chi connectivity index (χ4n) is 2.07. The van der Waals surface area contributed by atoms with Crippen molar-refractivity contribution in [2.45, 2.75) is 31.9 Å². The molecule has 5 nitrogen and oxygen atoms in total. The zero-order valence-corrected chi connectivity index (χ0v) is 13.2. The van der Waals surface area contributed by atoms with E-state index in [-0.39, 0.29) is 12.4 Å². The Bertz CT molecular complexity index is 414. The summed E-state index contributed by atoms with van der Waals surface area (Å²) in [5.74, 6) is 1.56. The maximum Gasteiger partial charge on any atom is 0.203 e. The molecule has 0 aliphatic rings. The van der Waals surface area contributed by atoms with Crippen LogP contribution in [0.4, 0.5) is 0 Å². The van der Waals surface area contributed by atoms with Crippen molar-refractivity contribution in [3.63, 3.8) is 0 Å². The molecule has 1 rings (SSSR count). The molecule has 1 aromatic rings. The molecule has 0 aliphatic heterocycles. The molecule has 0 bridgehead atoms. The van der Waals surface area contributed by atoms with Gasteiger partial charge < -0.3 is 25.1 Å². The summed E-state index contributed by atoms with van der Waals surface area (Å²) < 4.78 is 15.9. The predicted molar refractivity (Wildman–Crippen MR) is 81.2 cm³/mol. The zero-order chi connectivity index (χ0) is 14.4. The van der Waals surface area contributed by atoms with Crippen LogP contribution < -0.4 is 19.9 Å². The quantitative estimate of drug-likeness (QED) is 0.808. The molecule has 0 amide bonds. The highest BCUT2D eigenvalue weighted by molar-refractivity contribution is 5.85. The van der Waals surface area contributed by atoms with Crippen LogP contribution in [-0.2, 0) is 0 Å². The molecule has 0 spiro atoms. The van der Waals surface area contributed by atoms with E-state index in [4.69, 9.17) is 19.9 Å². The summed E-state index contributed by atoms with van der Waals surface area (Å²) >= 11 is 0. The van der Waals surface area contributed by atoms with Crippen molar-refractivity contribution in [2.24, 2.45) is 5.73 Å².